The van der Waals surface area contributed by atoms with E-state index in [2.05, 4.69) is 12.8 Å². The molecule has 0 aliphatic carbocycles. The molecule has 1 unspecified atom stereocenters. The highest BCUT2D eigenvalue weighted by Gasteiger charge is 2.05. The molecule has 0 saturated heterocycles. The second-order valence-electron chi connectivity index (χ2n) is 3.42. The van der Waals surface area contributed by atoms with Crippen LogP contribution in [0, 0.1) is 12.3 Å². The number of unbranched alkanes of at least 4 members (excludes halogenated alkanes) is 1. The number of benzene rings is 1. The molecule has 1 heteroatoms. The Labute approximate surface area is 85.8 Å². The van der Waals surface area contributed by atoms with E-state index in [4.69, 9.17) is 6.42 Å². The normalized spacial score (nSPS) is 12.1. The Balaban J connectivity index is 2.63. The molecule has 1 rings (SSSR count). The summed E-state index contributed by atoms with van der Waals surface area (Å²) in [5, 5.41) is 9.76. The average Bonchev–Trinajstić information content (AvgIpc) is 2.26. The summed E-state index contributed by atoms with van der Waals surface area (Å²) in [5.41, 5.74) is 1.81. The standard InChI is InChI=1S/C13H16O/c1-3-5-6-13(14)12-9-7-11(4-2)8-10-12/h2,7-10,13-14H,3,5-6H2,1H3. The molecule has 14 heavy (non-hydrogen) atoms. The summed E-state index contributed by atoms with van der Waals surface area (Å²) in [7, 11) is 0. The minimum atomic E-state index is -0.346. The third-order valence-electron chi connectivity index (χ3n) is 2.29. The van der Waals surface area contributed by atoms with E-state index in [-0.39, 0.29) is 6.10 Å². The van der Waals surface area contributed by atoms with Crippen molar-refractivity contribution in [3.63, 3.8) is 0 Å². The third kappa shape index (κ3) is 2.90. The van der Waals surface area contributed by atoms with Crippen LogP contribution in [0.25, 0.3) is 0 Å². The fraction of sp³-hybridized carbons (Fsp3) is 0.385. The summed E-state index contributed by atoms with van der Waals surface area (Å²) < 4.78 is 0. The lowest BCUT2D eigenvalue weighted by Crippen LogP contribution is -1.96. The van der Waals surface area contributed by atoms with Crippen LogP contribution in [-0.2, 0) is 0 Å². The van der Waals surface area contributed by atoms with Crippen molar-refractivity contribution in [1.29, 1.82) is 0 Å². The first-order valence-corrected chi connectivity index (χ1v) is 5.02. The molecule has 0 fully saturated rings. The van der Waals surface area contributed by atoms with Crippen LogP contribution in [0.15, 0.2) is 24.3 Å². The fourth-order valence-corrected chi connectivity index (χ4v) is 1.37. The van der Waals surface area contributed by atoms with E-state index < -0.39 is 0 Å². The first-order valence-electron chi connectivity index (χ1n) is 5.02. The quantitative estimate of drug-likeness (QED) is 0.720. The van der Waals surface area contributed by atoms with E-state index >= 15 is 0 Å². The van der Waals surface area contributed by atoms with Crippen molar-refractivity contribution in [3.8, 4) is 12.3 Å². The molecule has 0 radical (unpaired) electrons. The monoisotopic (exact) mass is 188 g/mol. The largest absolute Gasteiger partial charge is 0.388 e. The molecule has 1 aromatic rings. The molecule has 1 atom stereocenters. The van der Waals surface area contributed by atoms with Crippen molar-refractivity contribution >= 4 is 0 Å². The minimum Gasteiger partial charge on any atom is -0.388 e. The predicted molar refractivity (Wildman–Crippen MR) is 58.9 cm³/mol. The predicted octanol–water partition coefficient (Wildman–Crippen LogP) is 2.89. The second kappa shape index (κ2) is 5.47. The van der Waals surface area contributed by atoms with Gasteiger partial charge in [0.25, 0.3) is 0 Å². The van der Waals surface area contributed by atoms with Crippen LogP contribution in [-0.4, -0.2) is 5.11 Å². The second-order valence-corrected chi connectivity index (χ2v) is 3.42. The summed E-state index contributed by atoms with van der Waals surface area (Å²) >= 11 is 0. The zero-order valence-electron chi connectivity index (χ0n) is 8.53. The van der Waals surface area contributed by atoms with Gasteiger partial charge in [-0.15, -0.1) is 6.42 Å². The zero-order chi connectivity index (χ0) is 10.4. The summed E-state index contributed by atoms with van der Waals surface area (Å²) in [6.45, 7) is 2.12. The Morgan fingerprint density at radius 3 is 2.50 bits per heavy atom. The lowest BCUT2D eigenvalue weighted by molar-refractivity contribution is 0.164. The molecule has 1 nitrogen and oxygen atoms in total. The highest BCUT2D eigenvalue weighted by atomic mass is 16.3. The van der Waals surface area contributed by atoms with E-state index in [1.807, 2.05) is 24.3 Å². The molecular formula is C13H16O. The molecule has 0 bridgehead atoms. The van der Waals surface area contributed by atoms with Crippen LogP contribution in [0.3, 0.4) is 0 Å². The maximum absolute atomic E-state index is 9.76. The van der Waals surface area contributed by atoms with Gasteiger partial charge in [0, 0.05) is 5.56 Å². The number of terminal acetylenes is 1. The van der Waals surface area contributed by atoms with Gasteiger partial charge in [0.05, 0.1) is 6.10 Å². The Kier molecular flexibility index (Phi) is 4.22. The van der Waals surface area contributed by atoms with Gasteiger partial charge >= 0.3 is 0 Å². The molecule has 0 heterocycles. The van der Waals surface area contributed by atoms with Crippen LogP contribution in [0.4, 0.5) is 0 Å². The Morgan fingerprint density at radius 2 is 2.00 bits per heavy atom. The van der Waals surface area contributed by atoms with Gasteiger partial charge in [-0.2, -0.15) is 0 Å². The average molecular weight is 188 g/mol. The van der Waals surface area contributed by atoms with Crippen molar-refractivity contribution in [3.05, 3.63) is 35.4 Å². The molecule has 0 aromatic heterocycles. The van der Waals surface area contributed by atoms with Crippen LogP contribution >= 0.6 is 0 Å². The molecule has 0 saturated carbocycles. The van der Waals surface area contributed by atoms with Crippen LogP contribution < -0.4 is 0 Å². The van der Waals surface area contributed by atoms with Gasteiger partial charge in [0.1, 0.15) is 0 Å². The van der Waals surface area contributed by atoms with Crippen LogP contribution in [0.1, 0.15) is 43.4 Å². The number of aliphatic hydroxyl groups is 1. The molecule has 1 N–H and O–H groups in total. The lowest BCUT2D eigenvalue weighted by Gasteiger charge is -2.09. The Morgan fingerprint density at radius 1 is 1.36 bits per heavy atom. The SMILES string of the molecule is C#Cc1ccc(C(O)CCCC)cc1. The highest BCUT2D eigenvalue weighted by molar-refractivity contribution is 5.34. The van der Waals surface area contributed by atoms with Crippen LogP contribution in [0.5, 0.6) is 0 Å². The Bertz CT molecular complexity index is 305. The number of aliphatic hydroxyl groups excluding tert-OH is 1. The summed E-state index contributed by atoms with van der Waals surface area (Å²) in [6.07, 6.45) is 7.89. The maximum atomic E-state index is 9.76. The van der Waals surface area contributed by atoms with Crippen molar-refractivity contribution in [2.75, 3.05) is 0 Å². The van der Waals surface area contributed by atoms with Gasteiger partial charge in [-0.3, -0.25) is 0 Å². The molecule has 0 amide bonds. The summed E-state index contributed by atoms with van der Waals surface area (Å²) in [5.74, 6) is 2.55. The molecule has 0 spiro atoms. The molecular weight excluding hydrogens is 172 g/mol. The van der Waals surface area contributed by atoms with E-state index in [0.29, 0.717) is 0 Å². The van der Waals surface area contributed by atoms with Crippen molar-refractivity contribution in [1.82, 2.24) is 0 Å². The van der Waals surface area contributed by atoms with Gasteiger partial charge in [-0.25, -0.2) is 0 Å². The van der Waals surface area contributed by atoms with Crippen molar-refractivity contribution in [2.45, 2.75) is 32.3 Å². The van der Waals surface area contributed by atoms with Gasteiger partial charge in [0.15, 0.2) is 0 Å². The Hall–Kier alpha value is -1.26. The molecule has 0 aliphatic heterocycles. The van der Waals surface area contributed by atoms with Crippen molar-refractivity contribution < 1.29 is 5.11 Å². The number of hydrogen-bond donors (Lipinski definition) is 1. The molecule has 74 valence electrons. The molecule has 0 aliphatic rings. The maximum Gasteiger partial charge on any atom is 0.0790 e. The first-order chi connectivity index (χ1) is 6.77. The minimum absolute atomic E-state index is 0.346. The third-order valence-corrected chi connectivity index (χ3v) is 2.29. The van der Waals surface area contributed by atoms with E-state index in [9.17, 15) is 5.11 Å². The molecule has 1 aromatic carbocycles. The van der Waals surface area contributed by atoms with E-state index in [0.717, 1.165) is 30.4 Å². The summed E-state index contributed by atoms with van der Waals surface area (Å²) in [4.78, 5) is 0. The van der Waals surface area contributed by atoms with E-state index in [1.54, 1.807) is 0 Å². The first kappa shape index (κ1) is 10.8. The fourth-order valence-electron chi connectivity index (χ4n) is 1.37. The van der Waals surface area contributed by atoms with Gasteiger partial charge < -0.3 is 5.11 Å². The number of rotatable bonds is 4. The van der Waals surface area contributed by atoms with Crippen LogP contribution in [0.2, 0.25) is 0 Å². The van der Waals surface area contributed by atoms with Gasteiger partial charge in [-0.1, -0.05) is 37.8 Å². The van der Waals surface area contributed by atoms with Crippen molar-refractivity contribution in [2.24, 2.45) is 0 Å². The zero-order valence-corrected chi connectivity index (χ0v) is 8.53. The number of hydrogen-bond acceptors (Lipinski definition) is 1. The summed E-state index contributed by atoms with van der Waals surface area (Å²) in [6, 6.07) is 7.53. The topological polar surface area (TPSA) is 20.2 Å². The lowest BCUT2D eigenvalue weighted by atomic mass is 10.0. The highest BCUT2D eigenvalue weighted by Crippen LogP contribution is 2.19. The van der Waals surface area contributed by atoms with Gasteiger partial charge in [-0.05, 0) is 24.1 Å². The van der Waals surface area contributed by atoms with E-state index in [1.165, 1.54) is 0 Å². The van der Waals surface area contributed by atoms with Gasteiger partial charge in [0.2, 0.25) is 0 Å². The smallest absolute Gasteiger partial charge is 0.0790 e.